The van der Waals surface area contributed by atoms with E-state index in [1.165, 1.54) is 0 Å². The van der Waals surface area contributed by atoms with Crippen molar-refractivity contribution in [3.05, 3.63) is 35.9 Å². The summed E-state index contributed by atoms with van der Waals surface area (Å²) in [6.45, 7) is 3.50. The van der Waals surface area contributed by atoms with Crippen LogP contribution in [0.2, 0.25) is 0 Å². The van der Waals surface area contributed by atoms with E-state index in [1.54, 1.807) is 44.2 Å². The predicted octanol–water partition coefficient (Wildman–Crippen LogP) is 0.913. The second-order valence-electron chi connectivity index (χ2n) is 4.74. The molecule has 0 aliphatic carbocycles. The Morgan fingerprint density at radius 3 is 2.33 bits per heavy atom. The molecule has 1 aromatic carbocycles. The summed E-state index contributed by atoms with van der Waals surface area (Å²) in [5, 5.41) is 11.7. The Hall–Kier alpha value is -1.88. The van der Waals surface area contributed by atoms with Crippen LogP contribution in [0.1, 0.15) is 25.5 Å². The van der Waals surface area contributed by atoms with E-state index in [2.05, 4.69) is 5.32 Å². The SMILES string of the molecule is CC(C)(CN)C(=O)N[C@H](C(=O)O)c1ccccc1. The molecule has 5 nitrogen and oxygen atoms in total. The molecule has 0 aliphatic rings. The lowest BCUT2D eigenvalue weighted by molar-refractivity contribution is -0.143. The molecule has 0 aromatic heterocycles. The highest BCUT2D eigenvalue weighted by Crippen LogP contribution is 2.18. The van der Waals surface area contributed by atoms with Crippen LogP contribution in [0.5, 0.6) is 0 Å². The molecule has 1 rings (SSSR count). The quantitative estimate of drug-likeness (QED) is 0.724. The van der Waals surface area contributed by atoms with Crippen molar-refractivity contribution in [2.24, 2.45) is 11.1 Å². The van der Waals surface area contributed by atoms with Crippen LogP contribution < -0.4 is 11.1 Å². The van der Waals surface area contributed by atoms with E-state index in [-0.39, 0.29) is 12.5 Å². The third-order valence-corrected chi connectivity index (χ3v) is 2.78. The van der Waals surface area contributed by atoms with Crippen molar-refractivity contribution in [2.45, 2.75) is 19.9 Å². The Kier molecular flexibility index (Phi) is 4.44. The molecule has 18 heavy (non-hydrogen) atoms. The zero-order valence-electron chi connectivity index (χ0n) is 10.5. The number of hydrogen-bond acceptors (Lipinski definition) is 3. The first-order valence-corrected chi connectivity index (χ1v) is 5.67. The van der Waals surface area contributed by atoms with Crippen LogP contribution in [-0.2, 0) is 9.59 Å². The first-order valence-electron chi connectivity index (χ1n) is 5.67. The first kappa shape index (κ1) is 14.2. The molecule has 0 bridgehead atoms. The molecule has 0 saturated heterocycles. The van der Waals surface area contributed by atoms with E-state index < -0.39 is 17.4 Å². The lowest BCUT2D eigenvalue weighted by atomic mass is 9.92. The smallest absolute Gasteiger partial charge is 0.330 e. The normalized spacial score (nSPS) is 12.8. The summed E-state index contributed by atoms with van der Waals surface area (Å²) in [5.74, 6) is -1.47. The summed E-state index contributed by atoms with van der Waals surface area (Å²) in [7, 11) is 0. The van der Waals surface area contributed by atoms with Gasteiger partial charge in [-0.05, 0) is 19.4 Å². The summed E-state index contributed by atoms with van der Waals surface area (Å²) in [6, 6.07) is 7.51. The fraction of sp³-hybridized carbons (Fsp3) is 0.385. The van der Waals surface area contributed by atoms with Crippen molar-refractivity contribution in [3.8, 4) is 0 Å². The van der Waals surface area contributed by atoms with Gasteiger partial charge in [0.15, 0.2) is 6.04 Å². The van der Waals surface area contributed by atoms with Crippen molar-refractivity contribution in [1.82, 2.24) is 5.32 Å². The van der Waals surface area contributed by atoms with Gasteiger partial charge in [-0.25, -0.2) is 4.79 Å². The van der Waals surface area contributed by atoms with E-state index in [0.717, 1.165) is 0 Å². The summed E-state index contributed by atoms with van der Waals surface area (Å²) in [4.78, 5) is 23.1. The summed E-state index contributed by atoms with van der Waals surface area (Å²) in [6.07, 6.45) is 0. The number of nitrogens with two attached hydrogens (primary N) is 1. The Labute approximate surface area is 106 Å². The minimum absolute atomic E-state index is 0.153. The lowest BCUT2D eigenvalue weighted by Crippen LogP contribution is -2.45. The van der Waals surface area contributed by atoms with Crippen LogP contribution in [0.25, 0.3) is 0 Å². The highest BCUT2D eigenvalue weighted by Gasteiger charge is 2.30. The van der Waals surface area contributed by atoms with Crippen molar-refractivity contribution in [2.75, 3.05) is 6.54 Å². The van der Waals surface area contributed by atoms with E-state index in [4.69, 9.17) is 10.8 Å². The third kappa shape index (κ3) is 3.30. The van der Waals surface area contributed by atoms with Gasteiger partial charge in [0.25, 0.3) is 0 Å². The molecular weight excluding hydrogens is 232 g/mol. The Balaban J connectivity index is 2.90. The summed E-state index contributed by atoms with van der Waals surface area (Å²) in [5.41, 5.74) is 5.23. The number of hydrogen-bond donors (Lipinski definition) is 3. The average molecular weight is 250 g/mol. The molecule has 0 spiro atoms. The van der Waals surface area contributed by atoms with E-state index in [9.17, 15) is 9.59 Å². The van der Waals surface area contributed by atoms with Crippen LogP contribution in [0.15, 0.2) is 30.3 Å². The van der Waals surface area contributed by atoms with Gasteiger partial charge in [-0.15, -0.1) is 0 Å². The average Bonchev–Trinajstić information content (AvgIpc) is 2.36. The van der Waals surface area contributed by atoms with Crippen LogP contribution in [0.3, 0.4) is 0 Å². The van der Waals surface area contributed by atoms with Crippen LogP contribution in [-0.4, -0.2) is 23.5 Å². The standard InChI is InChI=1S/C13H18N2O3/c1-13(2,8-14)12(18)15-10(11(16)17)9-6-4-3-5-7-9/h3-7,10H,8,14H2,1-2H3,(H,15,18)(H,16,17)/t10-/m0/s1. The molecule has 1 amide bonds. The number of carbonyl (C=O) groups is 2. The van der Waals surface area contributed by atoms with Gasteiger partial charge in [0.2, 0.25) is 5.91 Å². The second-order valence-corrected chi connectivity index (χ2v) is 4.74. The fourth-order valence-corrected chi connectivity index (χ4v) is 1.35. The van der Waals surface area contributed by atoms with Crippen molar-refractivity contribution < 1.29 is 14.7 Å². The van der Waals surface area contributed by atoms with Gasteiger partial charge in [-0.3, -0.25) is 4.79 Å². The van der Waals surface area contributed by atoms with Crippen molar-refractivity contribution >= 4 is 11.9 Å². The molecule has 0 radical (unpaired) electrons. The number of carboxylic acids is 1. The summed E-state index contributed by atoms with van der Waals surface area (Å²) >= 11 is 0. The predicted molar refractivity (Wildman–Crippen MR) is 67.8 cm³/mol. The maximum Gasteiger partial charge on any atom is 0.330 e. The highest BCUT2D eigenvalue weighted by molar-refractivity contribution is 5.87. The fourth-order valence-electron chi connectivity index (χ4n) is 1.35. The second kappa shape index (κ2) is 5.64. The Morgan fingerprint density at radius 2 is 1.89 bits per heavy atom. The van der Waals surface area contributed by atoms with E-state index >= 15 is 0 Å². The van der Waals surface area contributed by atoms with Crippen molar-refractivity contribution in [1.29, 1.82) is 0 Å². The molecule has 1 atom stereocenters. The number of amides is 1. The first-order chi connectivity index (χ1) is 8.38. The molecule has 0 heterocycles. The molecule has 0 aliphatic heterocycles. The minimum atomic E-state index is -1.10. The molecule has 0 unspecified atom stereocenters. The van der Waals surface area contributed by atoms with Crippen LogP contribution >= 0.6 is 0 Å². The van der Waals surface area contributed by atoms with Gasteiger partial charge in [-0.2, -0.15) is 0 Å². The van der Waals surface area contributed by atoms with Crippen LogP contribution in [0.4, 0.5) is 0 Å². The minimum Gasteiger partial charge on any atom is -0.479 e. The number of benzene rings is 1. The molecular formula is C13H18N2O3. The van der Waals surface area contributed by atoms with Gasteiger partial charge in [0, 0.05) is 6.54 Å². The zero-order valence-corrected chi connectivity index (χ0v) is 10.5. The maximum absolute atomic E-state index is 11.9. The topological polar surface area (TPSA) is 92.4 Å². The van der Waals surface area contributed by atoms with Crippen molar-refractivity contribution in [3.63, 3.8) is 0 Å². The molecule has 5 heteroatoms. The van der Waals surface area contributed by atoms with E-state index in [1.807, 2.05) is 0 Å². The highest BCUT2D eigenvalue weighted by atomic mass is 16.4. The number of nitrogens with one attached hydrogen (secondary N) is 1. The molecule has 0 saturated carbocycles. The molecule has 98 valence electrons. The third-order valence-electron chi connectivity index (χ3n) is 2.78. The number of rotatable bonds is 5. The Morgan fingerprint density at radius 1 is 1.33 bits per heavy atom. The van der Waals surface area contributed by atoms with Gasteiger partial charge in [0.1, 0.15) is 0 Å². The lowest BCUT2D eigenvalue weighted by Gasteiger charge is -2.24. The van der Waals surface area contributed by atoms with E-state index in [0.29, 0.717) is 5.56 Å². The number of carbonyl (C=O) groups excluding carboxylic acids is 1. The van der Waals surface area contributed by atoms with Crippen LogP contribution in [0, 0.1) is 5.41 Å². The van der Waals surface area contributed by atoms with Gasteiger partial charge in [0.05, 0.1) is 5.41 Å². The largest absolute Gasteiger partial charge is 0.479 e. The Bertz CT molecular complexity index is 429. The monoisotopic (exact) mass is 250 g/mol. The molecule has 1 aromatic rings. The maximum atomic E-state index is 11.9. The number of aliphatic carboxylic acids is 1. The number of carboxylic acid groups (broad SMARTS) is 1. The molecule has 0 fully saturated rings. The van der Waals surface area contributed by atoms with Gasteiger partial charge >= 0.3 is 5.97 Å². The molecule has 4 N–H and O–H groups in total. The van der Waals surface area contributed by atoms with Gasteiger partial charge < -0.3 is 16.2 Å². The summed E-state index contributed by atoms with van der Waals surface area (Å²) < 4.78 is 0. The van der Waals surface area contributed by atoms with Gasteiger partial charge in [-0.1, -0.05) is 30.3 Å². The zero-order chi connectivity index (χ0) is 13.8.